The number of ether oxygens (including phenoxy) is 2. The van der Waals surface area contributed by atoms with Gasteiger partial charge in [0.25, 0.3) is 0 Å². The van der Waals surface area contributed by atoms with E-state index in [0.717, 1.165) is 44.1 Å². The van der Waals surface area contributed by atoms with Gasteiger partial charge in [0.2, 0.25) is 5.95 Å². The number of hydrogen-bond acceptors (Lipinski definition) is 6. The molecule has 0 unspecified atom stereocenters. The Labute approximate surface area is 141 Å². The highest BCUT2D eigenvalue weighted by Gasteiger charge is 2.43. The molecule has 1 aliphatic heterocycles. The normalized spacial score (nSPS) is 26.3. The minimum atomic E-state index is 0.205. The van der Waals surface area contributed by atoms with Gasteiger partial charge in [-0.1, -0.05) is 6.07 Å². The van der Waals surface area contributed by atoms with E-state index in [4.69, 9.17) is 9.47 Å². The molecule has 0 radical (unpaired) electrons. The SMILES string of the molecule is c1cnc(N2CCO[C@@H]3[C@@H](COCc4cccnc4)CC[C@H]32)nc1. The van der Waals surface area contributed by atoms with E-state index in [-0.39, 0.29) is 6.10 Å². The second kappa shape index (κ2) is 7.23. The largest absolute Gasteiger partial charge is 0.376 e. The highest BCUT2D eigenvalue weighted by atomic mass is 16.5. The van der Waals surface area contributed by atoms with Crippen molar-refractivity contribution in [2.24, 2.45) is 5.92 Å². The van der Waals surface area contributed by atoms with Crippen LogP contribution in [0.5, 0.6) is 0 Å². The first-order valence-corrected chi connectivity index (χ1v) is 8.54. The highest BCUT2D eigenvalue weighted by Crippen LogP contribution is 2.36. The fraction of sp³-hybridized carbons (Fsp3) is 0.500. The average Bonchev–Trinajstić information content (AvgIpc) is 3.07. The number of morpholine rings is 1. The minimum Gasteiger partial charge on any atom is -0.376 e. The van der Waals surface area contributed by atoms with Crippen LogP contribution in [0.4, 0.5) is 5.95 Å². The van der Waals surface area contributed by atoms with Crippen molar-refractivity contribution in [1.82, 2.24) is 15.0 Å². The Morgan fingerprint density at radius 2 is 2.08 bits per heavy atom. The third kappa shape index (κ3) is 3.25. The van der Waals surface area contributed by atoms with Crippen molar-refractivity contribution >= 4 is 5.95 Å². The molecule has 126 valence electrons. The molecule has 2 fully saturated rings. The van der Waals surface area contributed by atoms with Gasteiger partial charge in [-0.2, -0.15) is 0 Å². The Morgan fingerprint density at radius 1 is 1.17 bits per heavy atom. The average molecular weight is 326 g/mol. The van der Waals surface area contributed by atoms with Gasteiger partial charge in [0.15, 0.2) is 0 Å². The molecule has 0 aromatic carbocycles. The number of hydrogen-bond donors (Lipinski definition) is 0. The van der Waals surface area contributed by atoms with E-state index < -0.39 is 0 Å². The fourth-order valence-electron chi connectivity index (χ4n) is 3.74. The summed E-state index contributed by atoms with van der Waals surface area (Å²) in [5.74, 6) is 1.24. The van der Waals surface area contributed by atoms with E-state index in [0.29, 0.717) is 18.6 Å². The monoisotopic (exact) mass is 326 g/mol. The second-order valence-electron chi connectivity index (χ2n) is 6.36. The zero-order valence-corrected chi connectivity index (χ0v) is 13.6. The van der Waals surface area contributed by atoms with Crippen molar-refractivity contribution in [2.75, 3.05) is 24.7 Å². The van der Waals surface area contributed by atoms with Crippen LogP contribution < -0.4 is 4.90 Å². The van der Waals surface area contributed by atoms with Crippen LogP contribution in [-0.4, -0.2) is 46.9 Å². The predicted octanol–water partition coefficient (Wildman–Crippen LogP) is 2.07. The van der Waals surface area contributed by atoms with Gasteiger partial charge in [-0.05, 0) is 30.5 Å². The smallest absolute Gasteiger partial charge is 0.225 e. The summed E-state index contributed by atoms with van der Waals surface area (Å²) < 4.78 is 12.0. The molecular weight excluding hydrogens is 304 g/mol. The van der Waals surface area contributed by atoms with Crippen molar-refractivity contribution in [2.45, 2.75) is 31.6 Å². The fourth-order valence-corrected chi connectivity index (χ4v) is 3.74. The molecule has 6 heteroatoms. The van der Waals surface area contributed by atoms with Crippen LogP contribution in [0.25, 0.3) is 0 Å². The molecule has 0 bridgehead atoms. The first-order chi connectivity index (χ1) is 11.9. The number of fused-ring (bicyclic) bond motifs is 1. The van der Waals surface area contributed by atoms with Crippen LogP contribution in [0.15, 0.2) is 43.0 Å². The summed E-state index contributed by atoms with van der Waals surface area (Å²) in [7, 11) is 0. The topological polar surface area (TPSA) is 60.4 Å². The van der Waals surface area contributed by atoms with Gasteiger partial charge in [-0.15, -0.1) is 0 Å². The summed E-state index contributed by atoms with van der Waals surface area (Å²) in [5, 5.41) is 0. The number of rotatable bonds is 5. The maximum atomic E-state index is 6.08. The standard InChI is InChI=1S/C18H22N4O2/c1-3-14(11-19-6-1)12-23-13-15-4-5-16-17(15)24-10-9-22(16)18-20-7-2-8-21-18/h1-3,6-8,11,15-17H,4-5,9-10,12-13H2/t15-,16-,17-/m1/s1. The summed E-state index contributed by atoms with van der Waals surface area (Å²) in [6.07, 6.45) is 9.66. The third-order valence-electron chi connectivity index (χ3n) is 4.85. The van der Waals surface area contributed by atoms with Crippen molar-refractivity contribution < 1.29 is 9.47 Å². The molecule has 2 aromatic heterocycles. The molecule has 4 rings (SSSR count). The number of anilines is 1. The van der Waals surface area contributed by atoms with Crippen molar-refractivity contribution in [3.8, 4) is 0 Å². The van der Waals surface area contributed by atoms with Crippen LogP contribution in [-0.2, 0) is 16.1 Å². The van der Waals surface area contributed by atoms with Crippen LogP contribution in [0.2, 0.25) is 0 Å². The van der Waals surface area contributed by atoms with Crippen LogP contribution >= 0.6 is 0 Å². The van der Waals surface area contributed by atoms with E-state index >= 15 is 0 Å². The maximum Gasteiger partial charge on any atom is 0.225 e. The molecule has 0 N–H and O–H groups in total. The Kier molecular flexibility index (Phi) is 4.66. The molecule has 3 heterocycles. The van der Waals surface area contributed by atoms with E-state index in [9.17, 15) is 0 Å². The lowest BCUT2D eigenvalue weighted by atomic mass is 10.0. The number of nitrogens with zero attached hydrogens (tertiary/aromatic N) is 4. The van der Waals surface area contributed by atoms with Crippen molar-refractivity contribution in [3.63, 3.8) is 0 Å². The molecule has 2 aliphatic rings. The molecule has 1 saturated carbocycles. The molecule has 1 aliphatic carbocycles. The van der Waals surface area contributed by atoms with Gasteiger partial charge in [-0.3, -0.25) is 4.98 Å². The zero-order chi connectivity index (χ0) is 16.2. The second-order valence-corrected chi connectivity index (χ2v) is 6.36. The van der Waals surface area contributed by atoms with Crippen molar-refractivity contribution in [3.05, 3.63) is 48.5 Å². The van der Waals surface area contributed by atoms with E-state index in [2.05, 4.69) is 19.9 Å². The molecule has 0 amide bonds. The predicted molar refractivity (Wildman–Crippen MR) is 89.5 cm³/mol. The quantitative estimate of drug-likeness (QED) is 0.838. The summed E-state index contributed by atoms with van der Waals surface area (Å²) >= 11 is 0. The van der Waals surface area contributed by atoms with Crippen molar-refractivity contribution in [1.29, 1.82) is 0 Å². The van der Waals surface area contributed by atoms with Gasteiger partial charge in [0.1, 0.15) is 0 Å². The molecule has 24 heavy (non-hydrogen) atoms. The lowest BCUT2D eigenvalue weighted by molar-refractivity contribution is -0.0311. The summed E-state index contributed by atoms with van der Waals surface area (Å²) in [6, 6.07) is 6.18. The maximum absolute atomic E-state index is 6.08. The highest BCUT2D eigenvalue weighted by molar-refractivity contribution is 5.33. The molecular formula is C18H22N4O2. The first-order valence-electron chi connectivity index (χ1n) is 8.54. The summed E-state index contributed by atoms with van der Waals surface area (Å²) in [6.45, 7) is 2.90. The molecule has 2 aromatic rings. The van der Waals surface area contributed by atoms with Crippen LogP contribution in [0.3, 0.4) is 0 Å². The Balaban J connectivity index is 1.36. The molecule has 1 saturated heterocycles. The van der Waals surface area contributed by atoms with E-state index in [1.54, 1.807) is 18.6 Å². The molecule has 0 spiro atoms. The number of aromatic nitrogens is 3. The van der Waals surface area contributed by atoms with Crippen LogP contribution in [0.1, 0.15) is 18.4 Å². The van der Waals surface area contributed by atoms with Gasteiger partial charge in [-0.25, -0.2) is 9.97 Å². The Hall–Kier alpha value is -2.05. The third-order valence-corrected chi connectivity index (χ3v) is 4.85. The Bertz CT molecular complexity index is 640. The van der Waals surface area contributed by atoms with E-state index in [1.165, 1.54) is 0 Å². The lowest BCUT2D eigenvalue weighted by Crippen LogP contribution is -2.51. The van der Waals surface area contributed by atoms with Gasteiger partial charge in [0.05, 0.1) is 32.0 Å². The summed E-state index contributed by atoms with van der Waals surface area (Å²) in [5.41, 5.74) is 1.11. The summed E-state index contributed by atoms with van der Waals surface area (Å²) in [4.78, 5) is 15.2. The Morgan fingerprint density at radius 3 is 2.92 bits per heavy atom. The lowest BCUT2D eigenvalue weighted by Gasteiger charge is -2.39. The zero-order valence-electron chi connectivity index (χ0n) is 13.6. The van der Waals surface area contributed by atoms with E-state index in [1.807, 2.05) is 24.4 Å². The number of pyridine rings is 1. The molecule has 3 atom stereocenters. The van der Waals surface area contributed by atoms with Crippen LogP contribution in [0, 0.1) is 5.92 Å². The van der Waals surface area contributed by atoms with Gasteiger partial charge >= 0.3 is 0 Å². The van der Waals surface area contributed by atoms with Gasteiger partial charge < -0.3 is 14.4 Å². The minimum absolute atomic E-state index is 0.205. The molecule has 6 nitrogen and oxygen atoms in total. The first kappa shape index (κ1) is 15.5. The van der Waals surface area contributed by atoms with Gasteiger partial charge in [0, 0.05) is 37.3 Å².